The standard InChI is InChI=1S/C18H20BrN3O2.2ClH/c1-20-12-15-3-2-10-22(15)18(23)13-4-9-17(21-11-13)24-16-7-5-14(19)6-8-16;;/h4-9,11,15,20H,2-3,10,12H2,1H3;2*1H. The summed E-state index contributed by atoms with van der Waals surface area (Å²) in [6, 6.07) is 11.3. The molecule has 2 aromatic rings. The normalized spacial score (nSPS) is 15.8. The topological polar surface area (TPSA) is 54.5 Å². The van der Waals surface area contributed by atoms with Gasteiger partial charge in [-0.3, -0.25) is 4.79 Å². The van der Waals surface area contributed by atoms with Crippen molar-refractivity contribution in [3.63, 3.8) is 0 Å². The second-order valence-corrected chi connectivity index (χ2v) is 6.71. The number of halogens is 3. The van der Waals surface area contributed by atoms with Crippen LogP contribution in [0.4, 0.5) is 0 Å². The first-order chi connectivity index (χ1) is 11.7. The maximum Gasteiger partial charge on any atom is 0.255 e. The van der Waals surface area contributed by atoms with Crippen molar-refractivity contribution in [3.8, 4) is 11.6 Å². The van der Waals surface area contributed by atoms with Gasteiger partial charge in [0, 0.05) is 35.9 Å². The van der Waals surface area contributed by atoms with Crippen LogP contribution in [0, 0.1) is 0 Å². The number of hydrogen-bond donors (Lipinski definition) is 1. The first kappa shape index (κ1) is 22.7. The number of pyridine rings is 1. The SMILES string of the molecule is CNCC1CCCN1C(=O)c1ccc(Oc2ccc(Br)cc2)nc1.Cl.Cl. The molecular weight excluding hydrogens is 441 g/mol. The van der Waals surface area contributed by atoms with Gasteiger partial charge in [0.25, 0.3) is 5.91 Å². The van der Waals surface area contributed by atoms with Crippen molar-refractivity contribution in [3.05, 3.63) is 52.6 Å². The smallest absolute Gasteiger partial charge is 0.255 e. The van der Waals surface area contributed by atoms with Gasteiger partial charge in [-0.15, -0.1) is 24.8 Å². The number of ether oxygens (including phenoxy) is 1. The molecule has 142 valence electrons. The number of likely N-dealkylation sites (tertiary alicyclic amines) is 1. The maximum atomic E-state index is 12.7. The second-order valence-electron chi connectivity index (χ2n) is 5.79. The van der Waals surface area contributed by atoms with Gasteiger partial charge in [-0.25, -0.2) is 4.98 Å². The van der Waals surface area contributed by atoms with Crippen molar-refractivity contribution in [2.75, 3.05) is 20.1 Å². The maximum absolute atomic E-state index is 12.7. The van der Waals surface area contributed by atoms with Gasteiger partial charge in [0.05, 0.1) is 5.56 Å². The summed E-state index contributed by atoms with van der Waals surface area (Å²) in [4.78, 5) is 18.8. The van der Waals surface area contributed by atoms with Gasteiger partial charge < -0.3 is 15.0 Å². The van der Waals surface area contributed by atoms with E-state index in [-0.39, 0.29) is 36.8 Å². The number of amides is 1. The molecule has 1 unspecified atom stereocenters. The zero-order valence-electron chi connectivity index (χ0n) is 14.4. The number of nitrogens with zero attached hydrogens (tertiary/aromatic N) is 2. The molecule has 0 saturated carbocycles. The Labute approximate surface area is 174 Å². The molecule has 1 N–H and O–H groups in total. The fourth-order valence-corrected chi connectivity index (χ4v) is 3.17. The minimum atomic E-state index is 0. The second kappa shape index (κ2) is 10.7. The summed E-state index contributed by atoms with van der Waals surface area (Å²) in [6.45, 7) is 1.63. The lowest BCUT2D eigenvalue weighted by Gasteiger charge is -2.24. The summed E-state index contributed by atoms with van der Waals surface area (Å²) in [6.07, 6.45) is 3.69. The van der Waals surface area contributed by atoms with E-state index in [2.05, 4.69) is 26.2 Å². The number of nitrogens with one attached hydrogen (secondary N) is 1. The Bertz CT molecular complexity index is 699. The number of carbonyl (C=O) groups is 1. The van der Waals surface area contributed by atoms with Crippen molar-refractivity contribution in [1.29, 1.82) is 0 Å². The molecule has 1 aromatic carbocycles. The average Bonchev–Trinajstić information content (AvgIpc) is 3.06. The van der Waals surface area contributed by atoms with Gasteiger partial charge in [0.1, 0.15) is 5.75 Å². The minimum Gasteiger partial charge on any atom is -0.439 e. The monoisotopic (exact) mass is 461 g/mol. The summed E-state index contributed by atoms with van der Waals surface area (Å²) in [5, 5.41) is 3.15. The lowest BCUT2D eigenvalue weighted by atomic mass is 10.2. The minimum absolute atomic E-state index is 0. The number of hydrogen-bond acceptors (Lipinski definition) is 4. The van der Waals surface area contributed by atoms with E-state index in [0.717, 1.165) is 30.4 Å². The third-order valence-electron chi connectivity index (χ3n) is 4.10. The van der Waals surface area contributed by atoms with E-state index in [1.165, 1.54) is 0 Å². The molecule has 3 rings (SSSR count). The van der Waals surface area contributed by atoms with E-state index in [1.807, 2.05) is 36.2 Å². The number of carbonyl (C=O) groups excluding carboxylic acids is 1. The molecule has 0 aliphatic carbocycles. The van der Waals surface area contributed by atoms with E-state index >= 15 is 0 Å². The largest absolute Gasteiger partial charge is 0.439 e. The van der Waals surface area contributed by atoms with Gasteiger partial charge in [0.2, 0.25) is 5.88 Å². The molecule has 1 saturated heterocycles. The van der Waals surface area contributed by atoms with E-state index in [4.69, 9.17) is 4.74 Å². The van der Waals surface area contributed by atoms with Crippen LogP contribution in [0.1, 0.15) is 23.2 Å². The molecule has 0 radical (unpaired) electrons. The van der Waals surface area contributed by atoms with Gasteiger partial charge in [-0.2, -0.15) is 0 Å². The van der Waals surface area contributed by atoms with Crippen LogP contribution in [-0.4, -0.2) is 42.0 Å². The molecule has 8 heteroatoms. The molecule has 1 atom stereocenters. The highest BCUT2D eigenvalue weighted by atomic mass is 79.9. The Morgan fingerprint density at radius 3 is 2.62 bits per heavy atom. The van der Waals surface area contributed by atoms with E-state index in [9.17, 15) is 4.79 Å². The highest BCUT2D eigenvalue weighted by Gasteiger charge is 2.28. The lowest BCUT2D eigenvalue weighted by Crippen LogP contribution is -2.40. The van der Waals surface area contributed by atoms with Crippen LogP contribution in [0.5, 0.6) is 11.6 Å². The first-order valence-corrected chi connectivity index (χ1v) is 8.81. The van der Waals surface area contributed by atoms with Crippen molar-refractivity contribution >= 4 is 46.7 Å². The number of likely N-dealkylation sites (N-methyl/N-ethyl adjacent to an activating group) is 1. The van der Waals surface area contributed by atoms with Crippen LogP contribution < -0.4 is 10.1 Å². The molecule has 1 amide bonds. The molecule has 1 aliphatic heterocycles. The molecule has 26 heavy (non-hydrogen) atoms. The third-order valence-corrected chi connectivity index (χ3v) is 4.63. The van der Waals surface area contributed by atoms with E-state index in [0.29, 0.717) is 17.2 Å². The van der Waals surface area contributed by atoms with Crippen LogP contribution in [0.25, 0.3) is 0 Å². The quantitative estimate of drug-likeness (QED) is 0.719. The van der Waals surface area contributed by atoms with Crippen LogP contribution >= 0.6 is 40.7 Å². The Morgan fingerprint density at radius 2 is 2.00 bits per heavy atom. The van der Waals surface area contributed by atoms with Crippen LogP contribution in [-0.2, 0) is 0 Å². The molecule has 1 aromatic heterocycles. The summed E-state index contributed by atoms with van der Waals surface area (Å²) in [5.41, 5.74) is 0.598. The summed E-state index contributed by atoms with van der Waals surface area (Å²) < 4.78 is 6.68. The Morgan fingerprint density at radius 1 is 1.27 bits per heavy atom. The average molecular weight is 463 g/mol. The fourth-order valence-electron chi connectivity index (χ4n) is 2.91. The summed E-state index contributed by atoms with van der Waals surface area (Å²) in [7, 11) is 1.91. The zero-order valence-corrected chi connectivity index (χ0v) is 17.6. The molecule has 1 fully saturated rings. The highest BCUT2D eigenvalue weighted by Crippen LogP contribution is 2.23. The molecule has 0 spiro atoms. The third kappa shape index (κ3) is 5.58. The van der Waals surface area contributed by atoms with E-state index in [1.54, 1.807) is 18.3 Å². The molecule has 2 heterocycles. The summed E-state index contributed by atoms with van der Waals surface area (Å²) in [5.74, 6) is 1.22. The Kier molecular flexibility index (Phi) is 9.36. The predicted molar refractivity (Wildman–Crippen MR) is 111 cm³/mol. The van der Waals surface area contributed by atoms with Crippen molar-refractivity contribution in [2.24, 2.45) is 0 Å². The summed E-state index contributed by atoms with van der Waals surface area (Å²) >= 11 is 3.39. The van der Waals surface area contributed by atoms with Crippen LogP contribution in [0.2, 0.25) is 0 Å². The first-order valence-electron chi connectivity index (χ1n) is 8.02. The van der Waals surface area contributed by atoms with Crippen molar-refractivity contribution in [2.45, 2.75) is 18.9 Å². The zero-order chi connectivity index (χ0) is 16.9. The van der Waals surface area contributed by atoms with Gasteiger partial charge in [0.15, 0.2) is 0 Å². The molecular formula is C18H22BrCl2N3O2. The van der Waals surface area contributed by atoms with E-state index < -0.39 is 0 Å². The number of benzene rings is 1. The van der Waals surface area contributed by atoms with Crippen molar-refractivity contribution in [1.82, 2.24) is 15.2 Å². The Balaban J connectivity index is 0.00000169. The van der Waals surface area contributed by atoms with Crippen LogP contribution in [0.3, 0.4) is 0 Å². The number of rotatable bonds is 5. The van der Waals surface area contributed by atoms with Gasteiger partial charge in [-0.05, 0) is 50.2 Å². The fraction of sp³-hybridized carbons (Fsp3) is 0.333. The molecule has 0 bridgehead atoms. The molecule has 5 nitrogen and oxygen atoms in total. The van der Waals surface area contributed by atoms with Gasteiger partial charge >= 0.3 is 0 Å². The van der Waals surface area contributed by atoms with Crippen LogP contribution in [0.15, 0.2) is 47.1 Å². The lowest BCUT2D eigenvalue weighted by molar-refractivity contribution is 0.0736. The molecule has 1 aliphatic rings. The number of aromatic nitrogens is 1. The predicted octanol–water partition coefficient (Wildman–Crippen LogP) is 4.30. The van der Waals surface area contributed by atoms with Crippen molar-refractivity contribution < 1.29 is 9.53 Å². The van der Waals surface area contributed by atoms with Gasteiger partial charge in [-0.1, -0.05) is 15.9 Å². The highest BCUT2D eigenvalue weighted by molar-refractivity contribution is 9.10. The Hall–Kier alpha value is -1.34.